The van der Waals surface area contributed by atoms with Gasteiger partial charge in [0.15, 0.2) is 0 Å². The van der Waals surface area contributed by atoms with E-state index in [4.69, 9.17) is 10.5 Å². The van der Waals surface area contributed by atoms with Crippen molar-refractivity contribution in [3.8, 4) is 0 Å². The molecule has 4 nitrogen and oxygen atoms in total. The summed E-state index contributed by atoms with van der Waals surface area (Å²) in [4.78, 5) is 4.41. The predicted octanol–water partition coefficient (Wildman–Crippen LogP) is 2.09. The SMILES string of the molecule is CCn1ccnc1CC(N)C1OCCc2ccccc21. The van der Waals surface area contributed by atoms with Crippen LogP contribution in [0.4, 0.5) is 0 Å². The molecule has 3 rings (SSSR count). The van der Waals surface area contributed by atoms with Gasteiger partial charge >= 0.3 is 0 Å². The molecule has 0 bridgehead atoms. The van der Waals surface area contributed by atoms with Crippen molar-refractivity contribution in [2.75, 3.05) is 6.61 Å². The lowest BCUT2D eigenvalue weighted by atomic mass is 9.92. The second kappa shape index (κ2) is 5.77. The summed E-state index contributed by atoms with van der Waals surface area (Å²) in [6, 6.07) is 8.37. The first-order chi connectivity index (χ1) is 9.79. The number of benzene rings is 1. The van der Waals surface area contributed by atoms with Gasteiger partial charge in [-0.05, 0) is 24.5 Å². The molecule has 2 N–H and O–H groups in total. The van der Waals surface area contributed by atoms with Crippen LogP contribution in [0.15, 0.2) is 36.7 Å². The Morgan fingerprint density at radius 2 is 2.30 bits per heavy atom. The van der Waals surface area contributed by atoms with E-state index in [0.29, 0.717) is 0 Å². The highest BCUT2D eigenvalue weighted by molar-refractivity contribution is 5.32. The smallest absolute Gasteiger partial charge is 0.110 e. The highest BCUT2D eigenvalue weighted by Gasteiger charge is 2.27. The summed E-state index contributed by atoms with van der Waals surface area (Å²) in [6.07, 6.45) is 5.52. The van der Waals surface area contributed by atoms with Gasteiger partial charge in [0.05, 0.1) is 12.7 Å². The van der Waals surface area contributed by atoms with Gasteiger partial charge in [0, 0.05) is 31.4 Å². The molecular weight excluding hydrogens is 250 g/mol. The molecule has 0 saturated carbocycles. The van der Waals surface area contributed by atoms with Gasteiger partial charge in [0.2, 0.25) is 0 Å². The maximum absolute atomic E-state index is 6.40. The van der Waals surface area contributed by atoms with Crippen LogP contribution in [0.25, 0.3) is 0 Å². The Morgan fingerprint density at radius 3 is 3.15 bits per heavy atom. The van der Waals surface area contributed by atoms with Gasteiger partial charge in [-0.3, -0.25) is 0 Å². The Labute approximate surface area is 119 Å². The Bertz CT molecular complexity index is 579. The number of rotatable bonds is 4. The number of ether oxygens (including phenoxy) is 1. The summed E-state index contributed by atoms with van der Waals surface area (Å²) in [5.74, 6) is 1.03. The first-order valence-electron chi connectivity index (χ1n) is 7.24. The summed E-state index contributed by atoms with van der Waals surface area (Å²) in [6.45, 7) is 3.78. The summed E-state index contributed by atoms with van der Waals surface area (Å²) in [5.41, 5.74) is 9.00. The topological polar surface area (TPSA) is 53.1 Å². The predicted molar refractivity (Wildman–Crippen MR) is 78.4 cm³/mol. The van der Waals surface area contributed by atoms with Gasteiger partial charge in [0.25, 0.3) is 0 Å². The van der Waals surface area contributed by atoms with Crippen LogP contribution in [0.3, 0.4) is 0 Å². The minimum Gasteiger partial charge on any atom is -0.372 e. The second-order valence-corrected chi connectivity index (χ2v) is 5.24. The lowest BCUT2D eigenvalue weighted by Crippen LogP contribution is -2.36. The van der Waals surface area contributed by atoms with E-state index in [0.717, 1.165) is 31.8 Å². The van der Waals surface area contributed by atoms with Crippen LogP contribution in [0.2, 0.25) is 0 Å². The highest BCUT2D eigenvalue weighted by Crippen LogP contribution is 2.29. The monoisotopic (exact) mass is 271 g/mol. The van der Waals surface area contributed by atoms with E-state index < -0.39 is 0 Å². The highest BCUT2D eigenvalue weighted by atomic mass is 16.5. The van der Waals surface area contributed by atoms with Crippen molar-refractivity contribution in [1.82, 2.24) is 9.55 Å². The van der Waals surface area contributed by atoms with Crippen LogP contribution < -0.4 is 5.73 Å². The molecule has 0 aliphatic carbocycles. The largest absolute Gasteiger partial charge is 0.372 e. The van der Waals surface area contributed by atoms with E-state index in [9.17, 15) is 0 Å². The normalized spacial score (nSPS) is 19.6. The number of fused-ring (bicyclic) bond motifs is 1. The summed E-state index contributed by atoms with van der Waals surface area (Å²) < 4.78 is 8.06. The van der Waals surface area contributed by atoms with Gasteiger partial charge in [0.1, 0.15) is 5.82 Å². The zero-order chi connectivity index (χ0) is 13.9. The molecule has 0 radical (unpaired) electrons. The van der Waals surface area contributed by atoms with E-state index in [1.165, 1.54) is 11.1 Å². The lowest BCUT2D eigenvalue weighted by molar-refractivity contribution is 0.0240. The molecule has 1 aliphatic rings. The quantitative estimate of drug-likeness (QED) is 0.926. The number of aromatic nitrogens is 2. The fourth-order valence-corrected chi connectivity index (χ4v) is 2.92. The Morgan fingerprint density at radius 1 is 1.45 bits per heavy atom. The zero-order valence-electron chi connectivity index (χ0n) is 11.8. The maximum atomic E-state index is 6.40. The Kier molecular flexibility index (Phi) is 3.85. The molecule has 2 aromatic rings. The van der Waals surface area contributed by atoms with Crippen LogP contribution >= 0.6 is 0 Å². The zero-order valence-corrected chi connectivity index (χ0v) is 11.8. The molecule has 0 amide bonds. The molecule has 2 atom stereocenters. The van der Waals surface area contributed by atoms with Gasteiger partial charge in [-0.15, -0.1) is 0 Å². The first-order valence-corrected chi connectivity index (χ1v) is 7.24. The summed E-state index contributed by atoms with van der Waals surface area (Å²) in [5, 5.41) is 0. The molecule has 2 heterocycles. The van der Waals surface area contributed by atoms with E-state index in [-0.39, 0.29) is 12.1 Å². The average Bonchev–Trinajstić information content (AvgIpc) is 2.93. The van der Waals surface area contributed by atoms with Gasteiger partial charge in [-0.1, -0.05) is 24.3 Å². The van der Waals surface area contributed by atoms with Gasteiger partial charge in [-0.2, -0.15) is 0 Å². The third-order valence-corrected chi connectivity index (χ3v) is 3.98. The van der Waals surface area contributed by atoms with Crippen molar-refractivity contribution in [2.24, 2.45) is 5.73 Å². The molecule has 1 aromatic heterocycles. The third-order valence-electron chi connectivity index (χ3n) is 3.98. The van der Waals surface area contributed by atoms with Crippen molar-refractivity contribution < 1.29 is 4.74 Å². The molecule has 4 heteroatoms. The van der Waals surface area contributed by atoms with E-state index in [1.807, 2.05) is 12.4 Å². The van der Waals surface area contributed by atoms with Crippen molar-refractivity contribution in [3.05, 3.63) is 53.6 Å². The molecule has 20 heavy (non-hydrogen) atoms. The Hall–Kier alpha value is -1.65. The molecule has 2 unspecified atom stereocenters. The third kappa shape index (κ3) is 2.49. The summed E-state index contributed by atoms with van der Waals surface area (Å²) >= 11 is 0. The number of nitrogens with two attached hydrogens (primary N) is 1. The van der Waals surface area contributed by atoms with Crippen LogP contribution in [-0.2, 0) is 24.1 Å². The fraction of sp³-hybridized carbons (Fsp3) is 0.438. The van der Waals surface area contributed by atoms with Crippen LogP contribution in [-0.4, -0.2) is 22.2 Å². The molecule has 0 spiro atoms. The maximum Gasteiger partial charge on any atom is 0.110 e. The van der Waals surface area contributed by atoms with Crippen LogP contribution in [0, 0.1) is 0 Å². The van der Waals surface area contributed by atoms with Crippen molar-refractivity contribution in [2.45, 2.75) is 38.5 Å². The van der Waals surface area contributed by atoms with Crippen LogP contribution in [0.5, 0.6) is 0 Å². The van der Waals surface area contributed by atoms with Gasteiger partial charge in [-0.25, -0.2) is 4.98 Å². The van der Waals surface area contributed by atoms with E-state index in [2.05, 4.69) is 40.7 Å². The van der Waals surface area contributed by atoms with Crippen LogP contribution in [0.1, 0.15) is 30.0 Å². The standard InChI is InChI=1S/C16H21N3O/c1-2-19-9-8-18-15(19)11-14(17)16-13-6-4-3-5-12(13)7-10-20-16/h3-6,8-9,14,16H,2,7,10-11,17H2,1H3. The molecule has 0 fully saturated rings. The summed E-state index contributed by atoms with van der Waals surface area (Å²) in [7, 11) is 0. The fourth-order valence-electron chi connectivity index (χ4n) is 2.92. The molecule has 106 valence electrons. The van der Waals surface area contributed by atoms with E-state index in [1.54, 1.807) is 0 Å². The number of hydrogen-bond donors (Lipinski definition) is 1. The van der Waals surface area contributed by atoms with Crippen molar-refractivity contribution in [1.29, 1.82) is 0 Å². The number of aryl methyl sites for hydroxylation is 1. The molecule has 0 saturated heterocycles. The molecule has 1 aliphatic heterocycles. The molecule has 1 aromatic carbocycles. The number of imidazole rings is 1. The number of nitrogens with zero attached hydrogens (tertiary/aromatic N) is 2. The molecular formula is C16H21N3O. The lowest BCUT2D eigenvalue weighted by Gasteiger charge is -2.30. The number of hydrogen-bond acceptors (Lipinski definition) is 3. The first kappa shape index (κ1) is 13.3. The van der Waals surface area contributed by atoms with Crippen molar-refractivity contribution in [3.63, 3.8) is 0 Å². The minimum absolute atomic E-state index is 0.0260. The van der Waals surface area contributed by atoms with E-state index >= 15 is 0 Å². The minimum atomic E-state index is -0.0656. The second-order valence-electron chi connectivity index (χ2n) is 5.24. The van der Waals surface area contributed by atoms with Crippen molar-refractivity contribution >= 4 is 0 Å². The average molecular weight is 271 g/mol. The van der Waals surface area contributed by atoms with Gasteiger partial charge < -0.3 is 15.0 Å². The Balaban J connectivity index is 1.80.